The summed E-state index contributed by atoms with van der Waals surface area (Å²) in [5.41, 5.74) is 5.19. The second-order valence-corrected chi connectivity index (χ2v) is 8.88. The van der Waals surface area contributed by atoms with Gasteiger partial charge < -0.3 is 15.3 Å². The minimum atomic E-state index is -1.07. The van der Waals surface area contributed by atoms with E-state index in [2.05, 4.69) is 16.3 Å². The molecule has 1 aromatic heterocycles. The summed E-state index contributed by atoms with van der Waals surface area (Å²) in [6.07, 6.45) is 0. The molecule has 3 N–H and O–H groups in total. The largest absolute Gasteiger partial charge is 0.505 e. The Morgan fingerprint density at radius 2 is 1.68 bits per heavy atom. The smallest absolute Gasteiger partial charge is 0.335 e. The fourth-order valence-corrected chi connectivity index (χ4v) is 4.32. The molecule has 0 aliphatic heterocycles. The molecule has 0 amide bonds. The van der Waals surface area contributed by atoms with Crippen LogP contribution in [0.2, 0.25) is 0 Å². The molecule has 0 saturated carbocycles. The highest BCUT2D eigenvalue weighted by Gasteiger charge is 2.19. The van der Waals surface area contributed by atoms with E-state index in [9.17, 15) is 25.4 Å². The molecule has 0 bridgehead atoms. The maximum absolute atomic E-state index is 11.4. The fraction of sp³-hybridized carbons (Fsp3) is 0.0667. The number of carboxylic acids is 1. The van der Waals surface area contributed by atoms with Crippen molar-refractivity contribution in [2.24, 2.45) is 10.2 Å². The lowest BCUT2D eigenvalue weighted by atomic mass is 10.0. The Bertz CT molecular complexity index is 1810. The summed E-state index contributed by atoms with van der Waals surface area (Å²) in [7, 11) is 0. The Kier molecular flexibility index (Phi) is 6.11. The van der Waals surface area contributed by atoms with Crippen molar-refractivity contribution in [1.82, 2.24) is 4.57 Å². The number of carbonyl (C=O) groups is 1. The molecule has 0 fully saturated rings. The molecule has 5 aromatic rings. The minimum absolute atomic E-state index is 0.0892. The molecule has 38 heavy (non-hydrogen) atoms. The van der Waals surface area contributed by atoms with Gasteiger partial charge in [0.05, 0.1) is 22.7 Å². The van der Waals surface area contributed by atoms with Crippen LogP contribution in [0.4, 0.5) is 11.4 Å². The number of phenols is 1. The van der Waals surface area contributed by atoms with Gasteiger partial charge in [0.2, 0.25) is 5.88 Å². The average Bonchev–Trinajstić information content (AvgIpc) is 3.19. The Morgan fingerprint density at radius 1 is 0.895 bits per heavy atom. The number of para-hydroxylation sites is 1. The number of aryl methyl sites for hydroxylation is 2. The van der Waals surface area contributed by atoms with Crippen LogP contribution >= 0.6 is 0 Å². The molecule has 8 heteroatoms. The number of carboxylic acid groups (broad SMARTS) is 1. The summed E-state index contributed by atoms with van der Waals surface area (Å²) in [5.74, 6) is -1.42. The predicted octanol–water partition coefficient (Wildman–Crippen LogP) is 7.31. The van der Waals surface area contributed by atoms with Crippen LogP contribution in [0, 0.1) is 25.2 Å². The number of nitrogens with zero attached hydrogens (tertiary/aromatic N) is 4. The van der Waals surface area contributed by atoms with E-state index in [0.29, 0.717) is 27.6 Å². The monoisotopic (exact) mass is 502 g/mol. The van der Waals surface area contributed by atoms with Crippen molar-refractivity contribution in [3.8, 4) is 34.5 Å². The molecule has 1 heterocycles. The first-order valence-corrected chi connectivity index (χ1v) is 11.7. The lowest BCUT2D eigenvalue weighted by Gasteiger charge is -2.09. The summed E-state index contributed by atoms with van der Waals surface area (Å²) >= 11 is 0. The van der Waals surface area contributed by atoms with E-state index in [-0.39, 0.29) is 28.6 Å². The molecule has 5 rings (SSSR count). The number of aromatic nitrogens is 1. The topological polar surface area (TPSA) is 131 Å². The lowest BCUT2D eigenvalue weighted by Crippen LogP contribution is -1.95. The van der Waals surface area contributed by atoms with Crippen LogP contribution < -0.4 is 0 Å². The number of hydrogen-bond acceptors (Lipinski definition) is 6. The standard InChI is InChI=1S/C30H22N4O4/c1-17-9-11-22(13-18(17)2)34-26-12-10-19(16-31)14-24(26)27(29(34)36)33-32-25-8-4-7-23(28(25)35)20-5-3-6-21(15-20)30(37)38/h3-15,35-36H,1-2H3,(H,37,38). The van der Waals surface area contributed by atoms with Crippen LogP contribution in [-0.2, 0) is 0 Å². The third-order valence-corrected chi connectivity index (χ3v) is 6.49. The molecule has 0 aliphatic rings. The molecule has 0 unspecified atom stereocenters. The van der Waals surface area contributed by atoms with Crippen LogP contribution in [0.3, 0.4) is 0 Å². The third kappa shape index (κ3) is 4.22. The van der Waals surface area contributed by atoms with E-state index < -0.39 is 5.97 Å². The zero-order valence-corrected chi connectivity index (χ0v) is 20.5. The van der Waals surface area contributed by atoms with Crippen molar-refractivity contribution < 1.29 is 20.1 Å². The Hall–Kier alpha value is -5.42. The van der Waals surface area contributed by atoms with Crippen LogP contribution in [0.15, 0.2) is 89.1 Å². The van der Waals surface area contributed by atoms with E-state index in [0.717, 1.165) is 16.8 Å². The zero-order valence-electron chi connectivity index (χ0n) is 20.5. The van der Waals surface area contributed by atoms with Crippen LogP contribution in [-0.4, -0.2) is 25.9 Å². The minimum Gasteiger partial charge on any atom is -0.505 e. The molecule has 8 nitrogen and oxygen atoms in total. The molecule has 0 radical (unpaired) electrons. The number of fused-ring (bicyclic) bond motifs is 1. The van der Waals surface area contributed by atoms with E-state index in [1.165, 1.54) is 12.1 Å². The molecule has 0 atom stereocenters. The van der Waals surface area contributed by atoms with Crippen molar-refractivity contribution in [1.29, 1.82) is 5.26 Å². The number of nitriles is 1. The SMILES string of the molecule is Cc1ccc(-n2c(O)c(N=Nc3cccc(-c4cccc(C(=O)O)c4)c3O)c3cc(C#N)ccc32)cc1C. The van der Waals surface area contributed by atoms with Crippen molar-refractivity contribution in [3.63, 3.8) is 0 Å². The zero-order chi connectivity index (χ0) is 27.0. The highest BCUT2D eigenvalue weighted by molar-refractivity contribution is 5.97. The number of phenolic OH excluding ortho intramolecular Hbond substituents is 1. The number of aromatic carboxylic acids is 1. The second-order valence-electron chi connectivity index (χ2n) is 8.88. The molecule has 186 valence electrons. The Balaban J connectivity index is 1.64. The van der Waals surface area contributed by atoms with Crippen molar-refractivity contribution in [2.75, 3.05) is 0 Å². The van der Waals surface area contributed by atoms with Crippen molar-refractivity contribution >= 4 is 28.2 Å². The predicted molar refractivity (Wildman–Crippen MR) is 144 cm³/mol. The molecular weight excluding hydrogens is 480 g/mol. The van der Waals surface area contributed by atoms with Gasteiger partial charge in [-0.15, -0.1) is 10.2 Å². The van der Waals surface area contributed by atoms with Gasteiger partial charge in [-0.25, -0.2) is 4.79 Å². The average molecular weight is 503 g/mol. The van der Waals surface area contributed by atoms with Crippen LogP contribution in [0.5, 0.6) is 11.6 Å². The summed E-state index contributed by atoms with van der Waals surface area (Å²) in [6.45, 7) is 3.99. The van der Waals surface area contributed by atoms with Crippen molar-refractivity contribution in [2.45, 2.75) is 13.8 Å². The van der Waals surface area contributed by atoms with Gasteiger partial charge in [0.25, 0.3) is 0 Å². The molecule has 4 aromatic carbocycles. The summed E-state index contributed by atoms with van der Waals surface area (Å²) < 4.78 is 1.64. The highest BCUT2D eigenvalue weighted by Crippen LogP contribution is 2.44. The maximum Gasteiger partial charge on any atom is 0.335 e. The van der Waals surface area contributed by atoms with Gasteiger partial charge in [-0.1, -0.05) is 30.3 Å². The Labute approximate surface area is 218 Å². The first kappa shape index (κ1) is 24.3. The van der Waals surface area contributed by atoms with Crippen LogP contribution in [0.25, 0.3) is 27.7 Å². The number of hydrogen-bond donors (Lipinski definition) is 3. The lowest BCUT2D eigenvalue weighted by molar-refractivity contribution is 0.0697. The second kappa shape index (κ2) is 9.56. The van der Waals surface area contributed by atoms with Gasteiger partial charge in [-0.05, 0) is 79.1 Å². The quantitative estimate of drug-likeness (QED) is 0.217. The third-order valence-electron chi connectivity index (χ3n) is 6.49. The normalized spacial score (nSPS) is 11.2. The highest BCUT2D eigenvalue weighted by atomic mass is 16.4. The number of benzene rings is 4. The molecular formula is C30H22N4O4. The molecule has 0 spiro atoms. The maximum atomic E-state index is 11.4. The fourth-order valence-electron chi connectivity index (χ4n) is 4.32. The van der Waals surface area contributed by atoms with E-state index in [1.54, 1.807) is 53.1 Å². The molecule has 0 saturated heterocycles. The van der Waals surface area contributed by atoms with E-state index in [4.69, 9.17) is 0 Å². The summed E-state index contributed by atoms with van der Waals surface area (Å²) in [6, 6.07) is 24.1. The van der Waals surface area contributed by atoms with Gasteiger partial charge >= 0.3 is 5.97 Å². The van der Waals surface area contributed by atoms with Gasteiger partial charge in [0.15, 0.2) is 11.4 Å². The van der Waals surface area contributed by atoms with Gasteiger partial charge in [-0.2, -0.15) is 5.26 Å². The molecule has 0 aliphatic carbocycles. The number of azo groups is 1. The van der Waals surface area contributed by atoms with E-state index >= 15 is 0 Å². The van der Waals surface area contributed by atoms with Gasteiger partial charge in [-0.3, -0.25) is 4.57 Å². The van der Waals surface area contributed by atoms with Gasteiger partial charge in [0.1, 0.15) is 5.69 Å². The summed E-state index contributed by atoms with van der Waals surface area (Å²) in [4.78, 5) is 11.4. The number of rotatable bonds is 5. The first-order chi connectivity index (χ1) is 18.3. The summed E-state index contributed by atoms with van der Waals surface area (Å²) in [5, 5.41) is 50.0. The van der Waals surface area contributed by atoms with Crippen LogP contribution in [0.1, 0.15) is 27.0 Å². The van der Waals surface area contributed by atoms with Crippen molar-refractivity contribution in [3.05, 3.63) is 101 Å². The van der Waals surface area contributed by atoms with E-state index in [1.807, 2.05) is 32.0 Å². The first-order valence-electron chi connectivity index (χ1n) is 11.7. The number of aromatic hydroxyl groups is 2. The van der Waals surface area contributed by atoms with Gasteiger partial charge in [0, 0.05) is 16.6 Å². The Morgan fingerprint density at radius 3 is 2.42 bits per heavy atom.